The van der Waals surface area contributed by atoms with Crippen molar-refractivity contribution in [1.82, 2.24) is 15.1 Å². The molecule has 5 rings (SSSR count). The molecule has 2 aliphatic rings. The van der Waals surface area contributed by atoms with E-state index in [9.17, 15) is 13.2 Å². The monoisotopic (exact) mass is 483 g/mol. The average molecular weight is 484 g/mol. The highest BCUT2D eigenvalue weighted by Gasteiger charge is 2.41. The van der Waals surface area contributed by atoms with Gasteiger partial charge in [0.1, 0.15) is 0 Å². The van der Waals surface area contributed by atoms with E-state index in [4.69, 9.17) is 0 Å². The first-order chi connectivity index (χ1) is 16.7. The number of anilines is 2. The number of piperidine rings is 1. The zero-order valence-corrected chi connectivity index (χ0v) is 20.5. The molecular weight excluding hydrogens is 451 g/mol. The van der Waals surface area contributed by atoms with Crippen LogP contribution in [0.5, 0.6) is 0 Å². The molecule has 2 aliphatic heterocycles. The molecule has 0 unspecified atom stereocenters. The zero-order valence-electron chi connectivity index (χ0n) is 20.5. The predicted octanol–water partition coefficient (Wildman–Crippen LogP) is 5.94. The topological polar surface area (TPSA) is 44.3 Å². The lowest BCUT2D eigenvalue weighted by Crippen LogP contribution is -2.50. The van der Waals surface area contributed by atoms with E-state index < -0.39 is 11.7 Å². The number of nitrogens with one attached hydrogen (secondary N) is 1. The second-order valence-electron chi connectivity index (χ2n) is 10.0. The van der Waals surface area contributed by atoms with Crippen molar-refractivity contribution in [1.29, 1.82) is 0 Å². The minimum absolute atomic E-state index is 0.233. The van der Waals surface area contributed by atoms with Crippen LogP contribution in [0.25, 0.3) is 10.8 Å². The number of fused-ring (bicyclic) bond motifs is 1. The molecule has 8 heteroatoms. The smallest absolute Gasteiger partial charge is 0.371 e. The fourth-order valence-corrected chi connectivity index (χ4v) is 5.85. The van der Waals surface area contributed by atoms with Crippen molar-refractivity contribution in [3.63, 3.8) is 0 Å². The van der Waals surface area contributed by atoms with Gasteiger partial charge in [0.05, 0.1) is 11.3 Å². The van der Waals surface area contributed by atoms with Crippen LogP contribution < -0.4 is 10.2 Å². The van der Waals surface area contributed by atoms with Crippen LogP contribution in [0.4, 0.5) is 24.7 Å². The third-order valence-electron chi connectivity index (χ3n) is 8.15. The van der Waals surface area contributed by atoms with Crippen molar-refractivity contribution in [3.05, 3.63) is 58.8 Å². The van der Waals surface area contributed by atoms with Gasteiger partial charge in [-0.3, -0.25) is 0 Å². The number of hydrogen-bond donors (Lipinski definition) is 1. The molecule has 2 fully saturated rings. The van der Waals surface area contributed by atoms with Gasteiger partial charge in [0.25, 0.3) is 0 Å². The fourth-order valence-electron chi connectivity index (χ4n) is 5.85. The van der Waals surface area contributed by atoms with E-state index in [1.165, 1.54) is 32.4 Å². The Balaban J connectivity index is 1.39. The maximum atomic E-state index is 13.3. The Bertz CT molecular complexity index is 1230. The SMILES string of the molecule is Cc1c(CNc2nnc(C)c3ccc(N4CCC5(CCCN5C)CC4)cc23)cccc1C(F)(F)F. The Morgan fingerprint density at radius 2 is 1.74 bits per heavy atom. The van der Waals surface area contributed by atoms with E-state index >= 15 is 0 Å². The maximum Gasteiger partial charge on any atom is 0.416 e. The molecule has 1 spiro atoms. The molecule has 1 N–H and O–H groups in total. The van der Waals surface area contributed by atoms with Gasteiger partial charge in [-0.05, 0) is 82.4 Å². The van der Waals surface area contributed by atoms with Crippen LogP contribution in [0.15, 0.2) is 36.4 Å². The summed E-state index contributed by atoms with van der Waals surface area (Å²) in [5.41, 5.74) is 2.56. The van der Waals surface area contributed by atoms with Crippen LogP contribution in [-0.2, 0) is 12.7 Å². The van der Waals surface area contributed by atoms with Crippen molar-refractivity contribution in [2.75, 3.05) is 36.9 Å². The van der Waals surface area contributed by atoms with Crippen molar-refractivity contribution < 1.29 is 13.2 Å². The number of hydrogen-bond acceptors (Lipinski definition) is 5. The van der Waals surface area contributed by atoms with Gasteiger partial charge in [-0.25, -0.2) is 0 Å². The van der Waals surface area contributed by atoms with Gasteiger partial charge in [0, 0.05) is 41.6 Å². The molecule has 3 aromatic rings. The number of aromatic nitrogens is 2. The summed E-state index contributed by atoms with van der Waals surface area (Å²) < 4.78 is 40.0. The molecule has 2 saturated heterocycles. The first kappa shape index (κ1) is 23.9. The quantitative estimate of drug-likeness (QED) is 0.497. The summed E-state index contributed by atoms with van der Waals surface area (Å²) in [6.07, 6.45) is 0.521. The largest absolute Gasteiger partial charge is 0.416 e. The molecule has 0 aliphatic carbocycles. The van der Waals surface area contributed by atoms with Crippen LogP contribution >= 0.6 is 0 Å². The van der Waals surface area contributed by atoms with E-state index in [1.807, 2.05) is 6.92 Å². The zero-order chi connectivity index (χ0) is 24.8. The number of halogens is 3. The Labute approximate surface area is 204 Å². The molecule has 2 aromatic carbocycles. The summed E-state index contributed by atoms with van der Waals surface area (Å²) in [5.74, 6) is 0.591. The summed E-state index contributed by atoms with van der Waals surface area (Å²) in [6.45, 7) is 6.90. The van der Waals surface area contributed by atoms with Crippen LogP contribution in [0.3, 0.4) is 0 Å². The number of alkyl halides is 3. The number of aryl methyl sites for hydroxylation is 1. The van der Waals surface area contributed by atoms with E-state index in [-0.39, 0.29) is 12.1 Å². The highest BCUT2D eigenvalue weighted by atomic mass is 19.4. The first-order valence-corrected chi connectivity index (χ1v) is 12.3. The first-order valence-electron chi connectivity index (χ1n) is 12.3. The lowest BCUT2D eigenvalue weighted by molar-refractivity contribution is -0.138. The third-order valence-corrected chi connectivity index (χ3v) is 8.15. The molecular formula is C27H32F3N5. The molecule has 5 nitrogen and oxygen atoms in total. The summed E-state index contributed by atoms with van der Waals surface area (Å²) in [4.78, 5) is 4.98. The van der Waals surface area contributed by atoms with E-state index in [0.717, 1.165) is 54.2 Å². The molecule has 1 aromatic heterocycles. The number of rotatable bonds is 4. The number of nitrogens with zero attached hydrogens (tertiary/aromatic N) is 4. The Hall–Kier alpha value is -2.87. The summed E-state index contributed by atoms with van der Waals surface area (Å²) in [6, 6.07) is 10.7. The molecule has 0 saturated carbocycles. The third kappa shape index (κ3) is 4.44. The molecule has 186 valence electrons. The molecule has 0 amide bonds. The van der Waals surface area contributed by atoms with E-state index in [0.29, 0.717) is 16.9 Å². The van der Waals surface area contributed by atoms with Crippen LogP contribution in [0.1, 0.15) is 48.1 Å². The summed E-state index contributed by atoms with van der Waals surface area (Å²) in [7, 11) is 2.25. The highest BCUT2D eigenvalue weighted by molar-refractivity contribution is 5.95. The molecule has 3 heterocycles. The van der Waals surface area contributed by atoms with Crippen molar-refractivity contribution >= 4 is 22.3 Å². The normalized spacial score (nSPS) is 18.5. The van der Waals surface area contributed by atoms with Crippen LogP contribution in [-0.4, -0.2) is 47.3 Å². The van der Waals surface area contributed by atoms with E-state index in [1.54, 1.807) is 6.07 Å². The lowest BCUT2D eigenvalue weighted by atomic mass is 9.85. The van der Waals surface area contributed by atoms with E-state index in [2.05, 4.69) is 50.6 Å². The predicted molar refractivity (Wildman–Crippen MR) is 134 cm³/mol. The standard InChI is InChI=1S/C27H32F3N5/c1-18-20(6-4-7-24(18)27(28,29)30)17-31-25-23-16-21(8-9-22(23)19(2)32-33-25)35-14-11-26(12-15-35)10-5-13-34(26)3/h4,6-9,16H,5,10-15,17H2,1-3H3,(H,31,33). The summed E-state index contributed by atoms with van der Waals surface area (Å²) >= 11 is 0. The molecule has 35 heavy (non-hydrogen) atoms. The minimum Gasteiger partial charge on any atom is -0.371 e. The number of benzene rings is 2. The lowest BCUT2D eigenvalue weighted by Gasteiger charge is -2.44. The summed E-state index contributed by atoms with van der Waals surface area (Å²) in [5, 5.41) is 13.9. The second kappa shape index (κ2) is 8.97. The van der Waals surface area contributed by atoms with Gasteiger partial charge >= 0.3 is 6.18 Å². The molecule has 0 atom stereocenters. The van der Waals surface area contributed by atoms with Crippen molar-refractivity contribution in [3.8, 4) is 0 Å². The molecule has 0 radical (unpaired) electrons. The maximum absolute atomic E-state index is 13.3. The van der Waals surface area contributed by atoms with Crippen LogP contribution in [0.2, 0.25) is 0 Å². The Morgan fingerprint density at radius 1 is 0.971 bits per heavy atom. The van der Waals surface area contributed by atoms with Gasteiger partial charge in [-0.1, -0.05) is 18.2 Å². The van der Waals surface area contributed by atoms with Gasteiger partial charge in [0.15, 0.2) is 5.82 Å². The van der Waals surface area contributed by atoms with Gasteiger partial charge in [-0.2, -0.15) is 18.3 Å². The minimum atomic E-state index is -4.37. The average Bonchev–Trinajstić information content (AvgIpc) is 3.18. The Morgan fingerprint density at radius 3 is 2.43 bits per heavy atom. The second-order valence-corrected chi connectivity index (χ2v) is 10.0. The highest BCUT2D eigenvalue weighted by Crippen LogP contribution is 2.39. The van der Waals surface area contributed by atoms with Crippen LogP contribution in [0, 0.1) is 13.8 Å². The van der Waals surface area contributed by atoms with Gasteiger partial charge < -0.3 is 15.1 Å². The number of likely N-dealkylation sites (tertiary alicyclic amines) is 1. The fraction of sp³-hybridized carbons (Fsp3) is 0.481. The van der Waals surface area contributed by atoms with Crippen molar-refractivity contribution in [2.24, 2.45) is 0 Å². The Kier molecular flexibility index (Phi) is 6.11. The van der Waals surface area contributed by atoms with Gasteiger partial charge in [0.2, 0.25) is 0 Å². The molecule has 0 bridgehead atoms. The van der Waals surface area contributed by atoms with Gasteiger partial charge in [-0.15, -0.1) is 5.10 Å². The van der Waals surface area contributed by atoms with Crippen molar-refractivity contribution in [2.45, 2.75) is 57.8 Å².